The summed E-state index contributed by atoms with van der Waals surface area (Å²) in [5, 5.41) is 14.2. The molecule has 0 saturated carbocycles. The molecular weight excluding hydrogens is 224 g/mol. The molecule has 0 bridgehead atoms. The molecule has 3 rings (SSSR count). The van der Waals surface area contributed by atoms with Gasteiger partial charge in [0.25, 0.3) is 0 Å². The first kappa shape index (κ1) is 11.0. The molecule has 0 aliphatic carbocycles. The minimum absolute atomic E-state index is 0.00319. The molecule has 0 unspecified atom stereocenters. The van der Waals surface area contributed by atoms with Crippen LogP contribution in [-0.4, -0.2) is 14.7 Å². The van der Waals surface area contributed by atoms with Crippen LogP contribution in [0, 0.1) is 6.92 Å². The molecule has 18 heavy (non-hydrogen) atoms. The Morgan fingerprint density at radius 2 is 1.89 bits per heavy atom. The van der Waals surface area contributed by atoms with E-state index < -0.39 is 0 Å². The SMILES string of the molecule is Cc1ccc2c(CO)c(-c3ccccc3)nn2c1. The van der Waals surface area contributed by atoms with E-state index in [0.717, 1.165) is 27.9 Å². The molecule has 0 amide bonds. The number of hydrogen-bond donors (Lipinski definition) is 1. The minimum atomic E-state index is -0.00319. The van der Waals surface area contributed by atoms with Crippen LogP contribution in [0.25, 0.3) is 16.8 Å². The summed E-state index contributed by atoms with van der Waals surface area (Å²) in [6.07, 6.45) is 1.97. The highest BCUT2D eigenvalue weighted by Crippen LogP contribution is 2.26. The summed E-state index contributed by atoms with van der Waals surface area (Å²) >= 11 is 0. The fourth-order valence-corrected chi connectivity index (χ4v) is 2.19. The highest BCUT2D eigenvalue weighted by Gasteiger charge is 2.13. The van der Waals surface area contributed by atoms with E-state index in [-0.39, 0.29) is 6.61 Å². The Morgan fingerprint density at radius 1 is 1.11 bits per heavy atom. The molecule has 0 fully saturated rings. The third-order valence-corrected chi connectivity index (χ3v) is 3.08. The van der Waals surface area contributed by atoms with Gasteiger partial charge >= 0.3 is 0 Å². The molecule has 2 heterocycles. The van der Waals surface area contributed by atoms with Gasteiger partial charge in [-0.25, -0.2) is 4.52 Å². The van der Waals surface area contributed by atoms with E-state index >= 15 is 0 Å². The molecule has 3 heteroatoms. The Hall–Kier alpha value is -2.13. The number of pyridine rings is 1. The van der Waals surface area contributed by atoms with E-state index in [2.05, 4.69) is 5.10 Å². The standard InChI is InChI=1S/C15H14N2O/c1-11-7-8-14-13(10-18)15(16-17(14)9-11)12-5-3-2-4-6-12/h2-9,18H,10H2,1H3. The number of fused-ring (bicyclic) bond motifs is 1. The van der Waals surface area contributed by atoms with Crippen LogP contribution < -0.4 is 0 Å². The maximum atomic E-state index is 9.58. The third kappa shape index (κ3) is 1.69. The van der Waals surface area contributed by atoms with Crippen molar-refractivity contribution in [2.75, 3.05) is 0 Å². The summed E-state index contributed by atoms with van der Waals surface area (Å²) in [7, 11) is 0. The predicted octanol–water partition coefficient (Wildman–Crippen LogP) is 2.80. The van der Waals surface area contributed by atoms with Crippen molar-refractivity contribution in [2.24, 2.45) is 0 Å². The molecule has 1 N–H and O–H groups in total. The third-order valence-electron chi connectivity index (χ3n) is 3.08. The normalized spacial score (nSPS) is 11.0. The van der Waals surface area contributed by atoms with Crippen molar-refractivity contribution in [3.63, 3.8) is 0 Å². The van der Waals surface area contributed by atoms with Crippen LogP contribution in [0.4, 0.5) is 0 Å². The summed E-state index contributed by atoms with van der Waals surface area (Å²) in [6, 6.07) is 14.0. The summed E-state index contributed by atoms with van der Waals surface area (Å²) in [6.45, 7) is 2.03. The van der Waals surface area contributed by atoms with E-state index in [9.17, 15) is 5.11 Å². The minimum Gasteiger partial charge on any atom is -0.392 e. The monoisotopic (exact) mass is 238 g/mol. The Bertz CT molecular complexity index is 686. The fraction of sp³-hybridized carbons (Fsp3) is 0.133. The topological polar surface area (TPSA) is 37.5 Å². The molecular formula is C15H14N2O. The quantitative estimate of drug-likeness (QED) is 0.745. The number of aromatic nitrogens is 2. The first-order valence-electron chi connectivity index (χ1n) is 5.94. The average molecular weight is 238 g/mol. The van der Waals surface area contributed by atoms with E-state index in [4.69, 9.17) is 0 Å². The molecule has 3 aromatic rings. The van der Waals surface area contributed by atoms with Gasteiger partial charge in [-0.2, -0.15) is 5.10 Å². The Balaban J connectivity index is 2.29. The Labute approximate surface area is 105 Å². The highest BCUT2D eigenvalue weighted by molar-refractivity contribution is 5.72. The van der Waals surface area contributed by atoms with Gasteiger partial charge in [-0.05, 0) is 18.6 Å². The second-order valence-electron chi connectivity index (χ2n) is 4.39. The van der Waals surface area contributed by atoms with Crippen LogP contribution in [0.1, 0.15) is 11.1 Å². The first-order valence-corrected chi connectivity index (χ1v) is 5.94. The van der Waals surface area contributed by atoms with Gasteiger partial charge < -0.3 is 5.11 Å². The summed E-state index contributed by atoms with van der Waals surface area (Å²) < 4.78 is 1.84. The van der Waals surface area contributed by atoms with E-state index in [1.165, 1.54) is 0 Å². The van der Waals surface area contributed by atoms with Crippen molar-refractivity contribution in [3.05, 3.63) is 59.8 Å². The number of aliphatic hydroxyl groups is 1. The molecule has 2 aromatic heterocycles. The number of nitrogens with zero attached hydrogens (tertiary/aromatic N) is 2. The zero-order chi connectivity index (χ0) is 12.5. The Kier molecular flexibility index (Phi) is 2.61. The van der Waals surface area contributed by atoms with E-state index in [1.54, 1.807) is 0 Å². The Morgan fingerprint density at radius 3 is 2.61 bits per heavy atom. The van der Waals surface area contributed by atoms with Gasteiger partial charge in [0.05, 0.1) is 17.8 Å². The van der Waals surface area contributed by atoms with Gasteiger partial charge in [-0.15, -0.1) is 0 Å². The lowest BCUT2D eigenvalue weighted by molar-refractivity contribution is 0.284. The van der Waals surface area contributed by atoms with Gasteiger partial charge in [0.1, 0.15) is 0 Å². The van der Waals surface area contributed by atoms with Crippen LogP contribution in [0.2, 0.25) is 0 Å². The average Bonchev–Trinajstić information content (AvgIpc) is 2.77. The van der Waals surface area contributed by atoms with E-state index in [1.807, 2.05) is 60.1 Å². The molecule has 0 aliphatic heterocycles. The van der Waals surface area contributed by atoms with Crippen molar-refractivity contribution in [3.8, 4) is 11.3 Å². The molecule has 3 nitrogen and oxygen atoms in total. The van der Waals surface area contributed by atoms with Gasteiger partial charge in [-0.3, -0.25) is 0 Å². The van der Waals surface area contributed by atoms with Gasteiger partial charge in [-0.1, -0.05) is 36.4 Å². The van der Waals surface area contributed by atoms with Crippen molar-refractivity contribution < 1.29 is 5.11 Å². The van der Waals surface area contributed by atoms with Crippen molar-refractivity contribution in [2.45, 2.75) is 13.5 Å². The molecule has 0 spiro atoms. The van der Waals surface area contributed by atoms with Crippen molar-refractivity contribution in [1.82, 2.24) is 9.61 Å². The second-order valence-corrected chi connectivity index (χ2v) is 4.39. The predicted molar refractivity (Wildman–Crippen MR) is 71.3 cm³/mol. The zero-order valence-corrected chi connectivity index (χ0v) is 10.2. The fourth-order valence-electron chi connectivity index (χ4n) is 2.19. The lowest BCUT2D eigenvalue weighted by Crippen LogP contribution is -1.88. The summed E-state index contributed by atoms with van der Waals surface area (Å²) in [4.78, 5) is 0. The zero-order valence-electron chi connectivity index (χ0n) is 10.2. The first-order chi connectivity index (χ1) is 8.79. The summed E-state index contributed by atoms with van der Waals surface area (Å²) in [5.74, 6) is 0. The number of aryl methyl sites for hydroxylation is 1. The lowest BCUT2D eigenvalue weighted by atomic mass is 10.1. The van der Waals surface area contributed by atoms with Gasteiger partial charge in [0, 0.05) is 17.3 Å². The van der Waals surface area contributed by atoms with Gasteiger partial charge in [0.2, 0.25) is 0 Å². The van der Waals surface area contributed by atoms with Crippen LogP contribution in [0.15, 0.2) is 48.7 Å². The maximum Gasteiger partial charge on any atom is 0.0988 e. The number of hydrogen-bond acceptors (Lipinski definition) is 2. The maximum absolute atomic E-state index is 9.58. The molecule has 0 atom stereocenters. The van der Waals surface area contributed by atoms with Crippen LogP contribution in [-0.2, 0) is 6.61 Å². The van der Waals surface area contributed by atoms with Crippen LogP contribution in [0.5, 0.6) is 0 Å². The van der Waals surface area contributed by atoms with Crippen molar-refractivity contribution >= 4 is 5.52 Å². The lowest BCUT2D eigenvalue weighted by Gasteiger charge is -1.99. The molecule has 90 valence electrons. The number of rotatable bonds is 2. The highest BCUT2D eigenvalue weighted by atomic mass is 16.3. The molecule has 1 aromatic carbocycles. The van der Waals surface area contributed by atoms with Gasteiger partial charge in [0.15, 0.2) is 0 Å². The molecule has 0 aliphatic rings. The molecule has 0 saturated heterocycles. The molecule has 0 radical (unpaired) electrons. The van der Waals surface area contributed by atoms with Crippen molar-refractivity contribution in [1.29, 1.82) is 0 Å². The van der Waals surface area contributed by atoms with E-state index in [0.29, 0.717) is 0 Å². The number of benzene rings is 1. The smallest absolute Gasteiger partial charge is 0.0988 e. The summed E-state index contributed by atoms with van der Waals surface area (Å²) in [5.41, 5.74) is 4.86. The van der Waals surface area contributed by atoms with Crippen LogP contribution in [0.3, 0.4) is 0 Å². The number of aliphatic hydroxyl groups excluding tert-OH is 1. The largest absolute Gasteiger partial charge is 0.392 e. The second kappa shape index (κ2) is 4.27. The van der Waals surface area contributed by atoms with Crippen LogP contribution >= 0.6 is 0 Å².